The molecule has 1 aromatic heterocycles. The number of H-pyrrole nitrogens is 1. The van der Waals surface area contributed by atoms with Crippen LogP contribution in [0.1, 0.15) is 10.5 Å². The van der Waals surface area contributed by atoms with Crippen LogP contribution in [0.5, 0.6) is 5.75 Å². The number of anilines is 1. The number of hydrogen-bond donors (Lipinski definition) is 2. The van der Waals surface area contributed by atoms with Crippen LogP contribution < -0.4 is 10.1 Å². The first-order chi connectivity index (χ1) is 14.1. The minimum Gasteiger partial charge on any atom is -0.495 e. The third-order valence-corrected chi connectivity index (χ3v) is 6.37. The number of nitrogens with one attached hydrogen (secondary N) is 2. The van der Waals surface area contributed by atoms with E-state index in [4.69, 9.17) is 16.3 Å². The summed E-state index contributed by atoms with van der Waals surface area (Å²) in [7, 11) is 0.468. The molecule has 0 saturated carbocycles. The molecule has 0 bridgehead atoms. The summed E-state index contributed by atoms with van der Waals surface area (Å²) in [6, 6.07) is 9.65. The number of ether oxygens (including phenoxy) is 1. The van der Waals surface area contributed by atoms with Crippen LogP contribution >= 0.6 is 11.6 Å². The monoisotopic (exact) mass is 452 g/mol. The topological polar surface area (TPSA) is 104 Å². The average Bonchev–Trinajstić information content (AvgIpc) is 3.17. The highest BCUT2D eigenvalue weighted by Gasteiger charge is 2.21. The van der Waals surface area contributed by atoms with E-state index in [0.29, 0.717) is 0 Å². The standard InChI is InChI=1S/C19H18ClFN4O4S/c1-25(2)30(27,28)11-7-8-17(29-3)14(9-11)22-19(26)16-10-15(23-24-16)18-12(20)5-4-6-13(18)21/h4-10H,1-3H3,(H,22,26)(H,23,24). The van der Waals surface area contributed by atoms with Gasteiger partial charge in [-0.15, -0.1) is 0 Å². The third-order valence-electron chi connectivity index (χ3n) is 4.24. The smallest absolute Gasteiger partial charge is 0.276 e. The van der Waals surface area contributed by atoms with Gasteiger partial charge < -0.3 is 10.1 Å². The first-order valence-electron chi connectivity index (χ1n) is 8.57. The summed E-state index contributed by atoms with van der Waals surface area (Å²) in [4.78, 5) is 12.6. The molecule has 158 valence electrons. The molecule has 1 amide bonds. The number of hydrogen-bond acceptors (Lipinski definition) is 5. The van der Waals surface area contributed by atoms with E-state index in [0.717, 1.165) is 4.31 Å². The van der Waals surface area contributed by atoms with Gasteiger partial charge in [-0.3, -0.25) is 9.89 Å². The van der Waals surface area contributed by atoms with Gasteiger partial charge in [0, 0.05) is 14.1 Å². The summed E-state index contributed by atoms with van der Waals surface area (Å²) in [5, 5.41) is 9.20. The normalized spacial score (nSPS) is 11.5. The summed E-state index contributed by atoms with van der Waals surface area (Å²) in [6.45, 7) is 0. The van der Waals surface area contributed by atoms with E-state index in [-0.39, 0.29) is 38.3 Å². The molecule has 3 aromatic rings. The minimum atomic E-state index is -3.72. The van der Waals surface area contributed by atoms with Crippen molar-refractivity contribution in [1.82, 2.24) is 14.5 Å². The van der Waals surface area contributed by atoms with Crippen LogP contribution in [0.2, 0.25) is 5.02 Å². The van der Waals surface area contributed by atoms with Crippen molar-refractivity contribution in [2.45, 2.75) is 4.90 Å². The zero-order chi connectivity index (χ0) is 22.1. The van der Waals surface area contributed by atoms with Crippen LogP contribution in [-0.2, 0) is 10.0 Å². The Bertz CT molecular complexity index is 1190. The van der Waals surface area contributed by atoms with Gasteiger partial charge in [0.25, 0.3) is 5.91 Å². The molecule has 2 N–H and O–H groups in total. The lowest BCUT2D eigenvalue weighted by atomic mass is 10.1. The van der Waals surface area contributed by atoms with Crippen LogP contribution in [-0.4, -0.2) is 50.0 Å². The fraction of sp³-hybridized carbons (Fsp3) is 0.158. The van der Waals surface area contributed by atoms with E-state index >= 15 is 0 Å². The Balaban J connectivity index is 1.92. The van der Waals surface area contributed by atoms with E-state index in [1.54, 1.807) is 0 Å². The number of carbonyl (C=O) groups excluding carboxylic acids is 1. The lowest BCUT2D eigenvalue weighted by Crippen LogP contribution is -2.22. The number of aromatic nitrogens is 2. The summed E-state index contributed by atoms with van der Waals surface area (Å²) in [5.74, 6) is -0.960. The molecule has 8 nitrogen and oxygen atoms in total. The highest BCUT2D eigenvalue weighted by molar-refractivity contribution is 7.89. The maximum atomic E-state index is 14.1. The van der Waals surface area contributed by atoms with Gasteiger partial charge in [-0.05, 0) is 36.4 Å². The van der Waals surface area contributed by atoms with Crippen molar-refractivity contribution >= 4 is 33.2 Å². The van der Waals surface area contributed by atoms with Crippen LogP contribution in [0.15, 0.2) is 47.4 Å². The Kier molecular flexibility index (Phi) is 6.11. The fourth-order valence-electron chi connectivity index (χ4n) is 2.66. The van der Waals surface area contributed by atoms with Crippen LogP contribution in [0.3, 0.4) is 0 Å². The predicted octanol–water partition coefficient (Wildman–Crippen LogP) is 3.38. The molecule has 0 aliphatic rings. The Morgan fingerprint density at radius 1 is 1.23 bits per heavy atom. The Labute approximate surface area is 177 Å². The molecular formula is C19H18ClFN4O4S. The molecule has 0 unspecified atom stereocenters. The number of nitrogens with zero attached hydrogens (tertiary/aromatic N) is 2. The third kappa shape index (κ3) is 4.16. The second-order valence-corrected chi connectivity index (χ2v) is 8.93. The zero-order valence-corrected chi connectivity index (χ0v) is 17.8. The zero-order valence-electron chi connectivity index (χ0n) is 16.2. The molecule has 3 rings (SSSR count). The van der Waals surface area contributed by atoms with Crippen molar-refractivity contribution in [2.24, 2.45) is 0 Å². The summed E-state index contributed by atoms with van der Waals surface area (Å²) in [5.41, 5.74) is 0.396. The SMILES string of the molecule is COc1ccc(S(=O)(=O)N(C)C)cc1NC(=O)c1cc(-c2c(F)cccc2Cl)[nH]n1. The fourth-order valence-corrected chi connectivity index (χ4v) is 3.86. The van der Waals surface area contributed by atoms with E-state index in [9.17, 15) is 17.6 Å². The van der Waals surface area contributed by atoms with Gasteiger partial charge >= 0.3 is 0 Å². The Morgan fingerprint density at radius 2 is 1.97 bits per heavy atom. The number of rotatable bonds is 6. The minimum absolute atomic E-state index is 0.0237. The molecule has 0 fully saturated rings. The number of methoxy groups -OCH3 is 1. The molecule has 0 saturated heterocycles. The van der Waals surface area contributed by atoms with E-state index in [1.165, 1.54) is 63.7 Å². The van der Waals surface area contributed by atoms with Gasteiger partial charge in [0.1, 0.15) is 11.6 Å². The van der Waals surface area contributed by atoms with Gasteiger partial charge in [0.15, 0.2) is 5.69 Å². The highest BCUT2D eigenvalue weighted by atomic mass is 35.5. The van der Waals surface area contributed by atoms with Gasteiger partial charge in [-0.25, -0.2) is 17.1 Å². The lowest BCUT2D eigenvalue weighted by Gasteiger charge is -2.14. The van der Waals surface area contributed by atoms with Gasteiger partial charge in [0.2, 0.25) is 10.0 Å². The molecule has 0 radical (unpaired) electrons. The molecule has 0 aliphatic carbocycles. The molecular weight excluding hydrogens is 435 g/mol. The van der Waals surface area contributed by atoms with E-state index < -0.39 is 21.7 Å². The van der Waals surface area contributed by atoms with Gasteiger partial charge in [0.05, 0.1) is 34.0 Å². The van der Waals surface area contributed by atoms with Crippen molar-refractivity contribution in [3.63, 3.8) is 0 Å². The predicted molar refractivity (Wildman–Crippen MR) is 111 cm³/mol. The molecule has 2 aromatic carbocycles. The lowest BCUT2D eigenvalue weighted by molar-refractivity contribution is 0.102. The Morgan fingerprint density at radius 3 is 2.60 bits per heavy atom. The van der Waals surface area contributed by atoms with Crippen LogP contribution in [0, 0.1) is 5.82 Å². The first kappa shape index (κ1) is 21.8. The highest BCUT2D eigenvalue weighted by Crippen LogP contribution is 2.31. The summed E-state index contributed by atoms with van der Waals surface area (Å²) >= 11 is 6.04. The molecule has 11 heteroatoms. The maximum Gasteiger partial charge on any atom is 0.276 e. The first-order valence-corrected chi connectivity index (χ1v) is 10.4. The van der Waals surface area contributed by atoms with Crippen molar-refractivity contribution in [1.29, 1.82) is 0 Å². The van der Waals surface area contributed by atoms with Crippen molar-refractivity contribution in [3.05, 3.63) is 59.0 Å². The van der Waals surface area contributed by atoms with Crippen LogP contribution in [0.4, 0.5) is 10.1 Å². The summed E-state index contributed by atoms with van der Waals surface area (Å²) in [6.07, 6.45) is 0. The number of sulfonamides is 1. The molecule has 0 aliphatic heterocycles. The second kappa shape index (κ2) is 8.42. The van der Waals surface area contributed by atoms with Crippen molar-refractivity contribution < 1.29 is 22.3 Å². The molecule has 1 heterocycles. The number of halogens is 2. The number of benzene rings is 2. The molecule has 0 spiro atoms. The average molecular weight is 453 g/mol. The second-order valence-electron chi connectivity index (χ2n) is 6.37. The number of carbonyl (C=O) groups is 1. The molecule has 0 atom stereocenters. The van der Waals surface area contributed by atoms with Gasteiger partial charge in [-0.1, -0.05) is 17.7 Å². The van der Waals surface area contributed by atoms with E-state index in [1.807, 2.05) is 0 Å². The maximum absolute atomic E-state index is 14.1. The molecule has 30 heavy (non-hydrogen) atoms. The van der Waals surface area contributed by atoms with Crippen molar-refractivity contribution in [2.75, 3.05) is 26.5 Å². The van der Waals surface area contributed by atoms with Crippen molar-refractivity contribution in [3.8, 4) is 17.0 Å². The summed E-state index contributed by atoms with van der Waals surface area (Å²) < 4.78 is 45.1. The number of amides is 1. The van der Waals surface area contributed by atoms with Crippen LogP contribution in [0.25, 0.3) is 11.3 Å². The van der Waals surface area contributed by atoms with Gasteiger partial charge in [-0.2, -0.15) is 5.10 Å². The quantitative estimate of drug-likeness (QED) is 0.596. The number of aromatic amines is 1. The van der Waals surface area contributed by atoms with E-state index in [2.05, 4.69) is 15.5 Å². The Hall–Kier alpha value is -2.95. The largest absolute Gasteiger partial charge is 0.495 e.